The first-order chi connectivity index (χ1) is 8.97. The van der Waals surface area contributed by atoms with Gasteiger partial charge in [0.05, 0.1) is 5.02 Å². The Hall–Kier alpha value is -1.07. The molecule has 6 heteroatoms. The first-order valence-electron chi connectivity index (χ1n) is 5.99. The number of rotatable bonds is 2. The number of hydrogen-bond acceptors (Lipinski definition) is 2. The van der Waals surface area contributed by atoms with Gasteiger partial charge in [0.25, 0.3) is 5.91 Å². The molecule has 1 N–H and O–H groups in total. The molecule has 1 aliphatic heterocycles. The van der Waals surface area contributed by atoms with E-state index in [1.54, 1.807) is 23.1 Å². The second kappa shape index (κ2) is 5.92. The molecule has 1 aliphatic rings. The van der Waals surface area contributed by atoms with Gasteiger partial charge in [0.1, 0.15) is 0 Å². The molecular weight excluding hydrogens is 332 g/mol. The van der Waals surface area contributed by atoms with E-state index < -0.39 is 0 Å². The maximum absolute atomic E-state index is 12.3. The number of amides is 2. The summed E-state index contributed by atoms with van der Waals surface area (Å²) in [4.78, 5) is 25.0. The van der Waals surface area contributed by atoms with Crippen LogP contribution in [0.3, 0.4) is 0 Å². The molecule has 1 fully saturated rings. The minimum Gasteiger partial charge on any atom is -0.352 e. The lowest BCUT2D eigenvalue weighted by Crippen LogP contribution is -2.37. The maximum Gasteiger partial charge on any atom is 0.253 e. The van der Waals surface area contributed by atoms with Crippen LogP contribution in [0.5, 0.6) is 0 Å². The van der Waals surface area contributed by atoms with Crippen LogP contribution in [0.15, 0.2) is 22.7 Å². The molecule has 0 radical (unpaired) electrons. The molecule has 1 heterocycles. The normalized spacial score (nSPS) is 18.5. The molecule has 19 heavy (non-hydrogen) atoms. The minimum absolute atomic E-state index is 0.0485. The summed E-state index contributed by atoms with van der Waals surface area (Å²) in [5, 5.41) is 3.35. The summed E-state index contributed by atoms with van der Waals surface area (Å²) in [6.45, 7) is 2.68. The van der Waals surface area contributed by atoms with Gasteiger partial charge in [0.2, 0.25) is 5.91 Å². The van der Waals surface area contributed by atoms with Gasteiger partial charge in [-0.3, -0.25) is 9.59 Å². The fraction of sp³-hybridized carbons (Fsp3) is 0.385. The van der Waals surface area contributed by atoms with E-state index in [1.165, 1.54) is 6.92 Å². The van der Waals surface area contributed by atoms with Crippen molar-refractivity contribution < 1.29 is 9.59 Å². The van der Waals surface area contributed by atoms with Crippen molar-refractivity contribution in [3.8, 4) is 0 Å². The van der Waals surface area contributed by atoms with Crippen LogP contribution in [0.4, 0.5) is 0 Å². The summed E-state index contributed by atoms with van der Waals surface area (Å²) < 4.78 is 0.767. The van der Waals surface area contributed by atoms with E-state index in [0.29, 0.717) is 23.7 Å². The van der Waals surface area contributed by atoms with Crippen LogP contribution in [-0.4, -0.2) is 35.8 Å². The Bertz CT molecular complexity index is 521. The predicted octanol–water partition coefficient (Wildman–Crippen LogP) is 2.45. The second-order valence-electron chi connectivity index (χ2n) is 4.57. The van der Waals surface area contributed by atoms with Crippen LogP contribution in [0.1, 0.15) is 23.7 Å². The highest BCUT2D eigenvalue weighted by molar-refractivity contribution is 9.10. The Morgan fingerprint density at radius 1 is 1.47 bits per heavy atom. The lowest BCUT2D eigenvalue weighted by atomic mass is 10.2. The van der Waals surface area contributed by atoms with Crippen molar-refractivity contribution in [3.05, 3.63) is 33.3 Å². The van der Waals surface area contributed by atoms with Gasteiger partial charge in [-0.05, 0) is 40.5 Å². The molecule has 0 bridgehead atoms. The van der Waals surface area contributed by atoms with Crippen molar-refractivity contribution in [1.29, 1.82) is 0 Å². The number of benzene rings is 1. The largest absolute Gasteiger partial charge is 0.352 e. The highest BCUT2D eigenvalue weighted by atomic mass is 79.9. The zero-order valence-electron chi connectivity index (χ0n) is 10.5. The number of carbonyl (C=O) groups is 2. The summed E-state index contributed by atoms with van der Waals surface area (Å²) in [7, 11) is 0. The molecule has 102 valence electrons. The molecule has 1 unspecified atom stereocenters. The predicted molar refractivity (Wildman–Crippen MR) is 77.3 cm³/mol. The van der Waals surface area contributed by atoms with Crippen molar-refractivity contribution in [2.45, 2.75) is 19.4 Å². The van der Waals surface area contributed by atoms with Crippen LogP contribution in [0.25, 0.3) is 0 Å². The highest BCUT2D eigenvalue weighted by Gasteiger charge is 2.27. The van der Waals surface area contributed by atoms with Crippen molar-refractivity contribution in [1.82, 2.24) is 10.2 Å². The monoisotopic (exact) mass is 344 g/mol. The van der Waals surface area contributed by atoms with Crippen LogP contribution in [-0.2, 0) is 4.79 Å². The number of nitrogens with zero attached hydrogens (tertiary/aromatic N) is 1. The molecule has 1 aromatic rings. The van der Waals surface area contributed by atoms with Gasteiger partial charge in [-0.25, -0.2) is 0 Å². The Kier molecular flexibility index (Phi) is 4.47. The molecule has 0 aliphatic carbocycles. The van der Waals surface area contributed by atoms with E-state index >= 15 is 0 Å². The van der Waals surface area contributed by atoms with E-state index in [2.05, 4.69) is 21.2 Å². The molecule has 1 saturated heterocycles. The fourth-order valence-corrected chi connectivity index (χ4v) is 2.59. The zero-order valence-corrected chi connectivity index (χ0v) is 12.8. The average molecular weight is 346 g/mol. The Morgan fingerprint density at radius 3 is 2.84 bits per heavy atom. The minimum atomic E-state index is -0.0639. The third-order valence-electron chi connectivity index (χ3n) is 3.05. The molecule has 0 saturated carbocycles. The van der Waals surface area contributed by atoms with Gasteiger partial charge in [-0.1, -0.05) is 11.6 Å². The smallest absolute Gasteiger partial charge is 0.253 e. The summed E-state index contributed by atoms with van der Waals surface area (Å²) in [5.74, 6) is -0.117. The Morgan fingerprint density at radius 2 is 2.21 bits per heavy atom. The van der Waals surface area contributed by atoms with Crippen LogP contribution >= 0.6 is 27.5 Å². The van der Waals surface area contributed by atoms with E-state index in [1.807, 2.05) is 0 Å². The van der Waals surface area contributed by atoms with Crippen molar-refractivity contribution in [2.24, 2.45) is 0 Å². The van der Waals surface area contributed by atoms with Gasteiger partial charge in [0, 0.05) is 36.1 Å². The van der Waals surface area contributed by atoms with Crippen molar-refractivity contribution in [3.63, 3.8) is 0 Å². The summed E-state index contributed by atoms with van der Waals surface area (Å²) in [6, 6.07) is 5.20. The third kappa shape index (κ3) is 3.48. The molecule has 4 nitrogen and oxygen atoms in total. The number of likely N-dealkylation sites (tertiary alicyclic amines) is 1. The molecule has 0 spiro atoms. The third-order valence-corrected chi connectivity index (χ3v) is 4.28. The van der Waals surface area contributed by atoms with E-state index in [9.17, 15) is 9.59 Å². The zero-order chi connectivity index (χ0) is 14.0. The summed E-state index contributed by atoms with van der Waals surface area (Å²) >= 11 is 9.28. The van der Waals surface area contributed by atoms with Gasteiger partial charge >= 0.3 is 0 Å². The van der Waals surface area contributed by atoms with Gasteiger partial charge in [-0.15, -0.1) is 0 Å². The van der Waals surface area contributed by atoms with Crippen LogP contribution in [0.2, 0.25) is 5.02 Å². The SMILES string of the molecule is CC(=O)NC1CCN(C(=O)c2ccc(Br)c(Cl)c2)C1. The number of nitrogens with one attached hydrogen (secondary N) is 1. The molecule has 0 aromatic heterocycles. The Labute approximate surface area is 125 Å². The molecule has 2 rings (SSSR count). The maximum atomic E-state index is 12.3. The average Bonchev–Trinajstić information content (AvgIpc) is 2.79. The van der Waals surface area contributed by atoms with Crippen LogP contribution in [0, 0.1) is 0 Å². The van der Waals surface area contributed by atoms with E-state index in [-0.39, 0.29) is 17.9 Å². The summed E-state index contributed by atoms with van der Waals surface area (Å²) in [5.41, 5.74) is 0.566. The Balaban J connectivity index is 2.04. The first kappa shape index (κ1) is 14.3. The van der Waals surface area contributed by atoms with E-state index in [0.717, 1.165) is 10.9 Å². The van der Waals surface area contributed by atoms with Crippen molar-refractivity contribution in [2.75, 3.05) is 13.1 Å². The number of carbonyl (C=O) groups excluding carboxylic acids is 2. The number of halogens is 2. The molecule has 2 amide bonds. The molecular formula is C13H14BrClN2O2. The molecule has 1 atom stereocenters. The van der Waals surface area contributed by atoms with Gasteiger partial charge in [0.15, 0.2) is 0 Å². The van der Waals surface area contributed by atoms with Crippen molar-refractivity contribution >= 4 is 39.3 Å². The lowest BCUT2D eigenvalue weighted by Gasteiger charge is -2.17. The second-order valence-corrected chi connectivity index (χ2v) is 5.83. The molecule has 1 aromatic carbocycles. The highest BCUT2D eigenvalue weighted by Crippen LogP contribution is 2.24. The standard InChI is InChI=1S/C13H14BrClN2O2/c1-8(18)16-10-4-5-17(7-10)13(19)9-2-3-11(14)12(15)6-9/h2-3,6,10H,4-5,7H2,1H3,(H,16,18). The number of hydrogen-bond donors (Lipinski definition) is 1. The van der Waals surface area contributed by atoms with Crippen LogP contribution < -0.4 is 5.32 Å². The van der Waals surface area contributed by atoms with Gasteiger partial charge in [-0.2, -0.15) is 0 Å². The summed E-state index contributed by atoms with van der Waals surface area (Å²) in [6.07, 6.45) is 0.787. The quantitative estimate of drug-likeness (QED) is 0.895. The lowest BCUT2D eigenvalue weighted by molar-refractivity contribution is -0.119. The first-order valence-corrected chi connectivity index (χ1v) is 7.16. The van der Waals surface area contributed by atoms with Gasteiger partial charge < -0.3 is 10.2 Å². The van der Waals surface area contributed by atoms with E-state index in [4.69, 9.17) is 11.6 Å². The topological polar surface area (TPSA) is 49.4 Å². The fourth-order valence-electron chi connectivity index (χ4n) is 2.16.